The lowest BCUT2D eigenvalue weighted by molar-refractivity contribution is 0.261. The summed E-state index contributed by atoms with van der Waals surface area (Å²) >= 11 is 0. The predicted octanol–water partition coefficient (Wildman–Crippen LogP) is 3.32. The molecule has 0 saturated carbocycles. The van der Waals surface area contributed by atoms with Crippen LogP contribution < -0.4 is 0 Å². The Bertz CT molecular complexity index is 805. The van der Waals surface area contributed by atoms with E-state index in [9.17, 15) is 0 Å². The summed E-state index contributed by atoms with van der Waals surface area (Å²) in [6.07, 6.45) is 4.19. The Morgan fingerprint density at radius 3 is 3.09 bits per heavy atom. The minimum Gasteiger partial charge on any atom is -0.356 e. The van der Waals surface area contributed by atoms with E-state index in [1.807, 2.05) is 25.3 Å². The number of benzene rings is 1. The Balaban J connectivity index is 1.60. The molecule has 1 N–H and O–H groups in total. The highest BCUT2D eigenvalue weighted by Crippen LogP contribution is 2.27. The van der Waals surface area contributed by atoms with Crippen molar-refractivity contribution in [2.75, 3.05) is 6.54 Å². The third-order valence-corrected chi connectivity index (χ3v) is 4.41. The van der Waals surface area contributed by atoms with Crippen LogP contribution in [-0.4, -0.2) is 26.8 Å². The van der Waals surface area contributed by atoms with Crippen molar-refractivity contribution < 1.29 is 4.52 Å². The van der Waals surface area contributed by atoms with E-state index in [0.717, 1.165) is 49.5 Å². The van der Waals surface area contributed by atoms with E-state index in [-0.39, 0.29) is 0 Å². The molecule has 5 nitrogen and oxygen atoms in total. The molecule has 0 bridgehead atoms. The van der Waals surface area contributed by atoms with E-state index >= 15 is 0 Å². The second-order valence-corrected chi connectivity index (χ2v) is 6.18. The molecule has 4 rings (SSSR count). The van der Waals surface area contributed by atoms with Gasteiger partial charge in [-0.25, -0.2) is 0 Å². The number of hydrogen-bond acceptors (Lipinski definition) is 4. The lowest BCUT2D eigenvalue weighted by atomic mass is 10.0. The molecule has 3 heterocycles. The maximum Gasteiger partial charge on any atom is 0.167 e. The molecule has 3 aromatic rings. The van der Waals surface area contributed by atoms with Gasteiger partial charge in [0.1, 0.15) is 0 Å². The van der Waals surface area contributed by atoms with Crippen molar-refractivity contribution in [3.05, 3.63) is 59.0 Å². The molecule has 0 unspecified atom stereocenters. The molecule has 1 aromatic carbocycles. The van der Waals surface area contributed by atoms with Gasteiger partial charge in [0.25, 0.3) is 0 Å². The fraction of sp³-hybridized carbons (Fsp3) is 0.333. The molecule has 0 fully saturated rings. The first-order chi connectivity index (χ1) is 11.3. The fourth-order valence-electron chi connectivity index (χ4n) is 3.25. The Morgan fingerprint density at radius 1 is 1.30 bits per heavy atom. The van der Waals surface area contributed by atoms with Gasteiger partial charge in [0.2, 0.25) is 0 Å². The normalized spacial score (nSPS) is 15.3. The quantitative estimate of drug-likeness (QED) is 0.806. The van der Waals surface area contributed by atoms with Gasteiger partial charge in [-0.15, -0.1) is 0 Å². The molecule has 0 atom stereocenters. The van der Waals surface area contributed by atoms with Gasteiger partial charge in [0.15, 0.2) is 5.76 Å². The summed E-state index contributed by atoms with van der Waals surface area (Å²) in [6.45, 7) is 4.88. The SMILES string of the molecule is Cc1cc(-c2ccccc2CN2CCCc3[nH]ncc3C2)on1. The maximum atomic E-state index is 5.47. The van der Waals surface area contributed by atoms with Crippen LogP contribution in [0.4, 0.5) is 0 Å². The topological polar surface area (TPSA) is 58.0 Å². The number of nitrogens with one attached hydrogen (secondary N) is 1. The van der Waals surface area contributed by atoms with Gasteiger partial charge in [0, 0.05) is 36.0 Å². The van der Waals surface area contributed by atoms with Gasteiger partial charge in [-0.1, -0.05) is 29.4 Å². The van der Waals surface area contributed by atoms with Crippen LogP contribution in [0, 0.1) is 6.92 Å². The number of aromatic nitrogens is 3. The third kappa shape index (κ3) is 2.92. The third-order valence-electron chi connectivity index (χ3n) is 4.41. The van der Waals surface area contributed by atoms with Crippen molar-refractivity contribution in [1.29, 1.82) is 0 Å². The molecule has 2 aromatic heterocycles. The monoisotopic (exact) mass is 308 g/mol. The smallest absolute Gasteiger partial charge is 0.167 e. The van der Waals surface area contributed by atoms with Crippen LogP contribution in [0.5, 0.6) is 0 Å². The number of aryl methyl sites for hydroxylation is 2. The Hall–Kier alpha value is -2.40. The summed E-state index contributed by atoms with van der Waals surface area (Å²) in [5, 5.41) is 11.3. The molecule has 23 heavy (non-hydrogen) atoms. The lowest BCUT2D eigenvalue weighted by Crippen LogP contribution is -2.23. The fourth-order valence-corrected chi connectivity index (χ4v) is 3.25. The summed E-state index contributed by atoms with van der Waals surface area (Å²) in [5.41, 5.74) is 5.91. The summed E-state index contributed by atoms with van der Waals surface area (Å²) in [6, 6.07) is 10.4. The Labute approximate surface area is 135 Å². The van der Waals surface area contributed by atoms with Gasteiger partial charge in [-0.05, 0) is 31.9 Å². The van der Waals surface area contributed by atoms with Crippen LogP contribution in [0.25, 0.3) is 11.3 Å². The second-order valence-electron chi connectivity index (χ2n) is 6.18. The average Bonchev–Trinajstić information content (AvgIpc) is 3.13. The van der Waals surface area contributed by atoms with Crippen LogP contribution >= 0.6 is 0 Å². The first-order valence-electron chi connectivity index (χ1n) is 8.04. The molecule has 1 aliphatic heterocycles. The summed E-state index contributed by atoms with van der Waals surface area (Å²) < 4.78 is 5.47. The van der Waals surface area contributed by atoms with E-state index in [0.29, 0.717) is 0 Å². The van der Waals surface area contributed by atoms with E-state index in [1.54, 1.807) is 0 Å². The maximum absolute atomic E-state index is 5.47. The molecule has 0 aliphatic carbocycles. The minimum atomic E-state index is 0.844. The van der Waals surface area contributed by atoms with E-state index in [4.69, 9.17) is 4.52 Å². The van der Waals surface area contributed by atoms with Crippen molar-refractivity contribution in [3.63, 3.8) is 0 Å². The largest absolute Gasteiger partial charge is 0.356 e. The van der Waals surface area contributed by atoms with Crippen molar-refractivity contribution in [2.24, 2.45) is 0 Å². The van der Waals surface area contributed by atoms with Crippen LogP contribution in [0.1, 0.15) is 28.9 Å². The highest BCUT2D eigenvalue weighted by Gasteiger charge is 2.18. The Morgan fingerprint density at radius 2 is 2.22 bits per heavy atom. The number of aromatic amines is 1. The summed E-state index contributed by atoms with van der Waals surface area (Å²) in [4.78, 5) is 2.48. The molecule has 0 radical (unpaired) electrons. The van der Waals surface area contributed by atoms with Crippen molar-refractivity contribution >= 4 is 0 Å². The molecule has 1 aliphatic rings. The molecule has 5 heteroatoms. The van der Waals surface area contributed by atoms with E-state index < -0.39 is 0 Å². The highest BCUT2D eigenvalue weighted by molar-refractivity contribution is 5.62. The number of H-pyrrole nitrogens is 1. The molecule has 0 saturated heterocycles. The van der Waals surface area contributed by atoms with Crippen LogP contribution in [-0.2, 0) is 19.5 Å². The predicted molar refractivity (Wildman–Crippen MR) is 87.7 cm³/mol. The number of fused-ring (bicyclic) bond motifs is 1. The van der Waals surface area contributed by atoms with E-state index in [1.165, 1.54) is 16.8 Å². The first-order valence-corrected chi connectivity index (χ1v) is 8.04. The van der Waals surface area contributed by atoms with Crippen molar-refractivity contribution in [1.82, 2.24) is 20.3 Å². The van der Waals surface area contributed by atoms with Crippen LogP contribution in [0.15, 0.2) is 41.1 Å². The first kappa shape index (κ1) is 14.2. The van der Waals surface area contributed by atoms with Gasteiger partial charge in [-0.3, -0.25) is 10.00 Å². The van der Waals surface area contributed by atoms with Crippen LogP contribution in [0.2, 0.25) is 0 Å². The second kappa shape index (κ2) is 6.01. The van der Waals surface area contributed by atoms with Gasteiger partial charge in [0.05, 0.1) is 11.9 Å². The molecule has 0 amide bonds. The summed E-state index contributed by atoms with van der Waals surface area (Å²) in [5.74, 6) is 0.844. The van der Waals surface area contributed by atoms with Gasteiger partial charge < -0.3 is 4.52 Å². The number of nitrogens with zero attached hydrogens (tertiary/aromatic N) is 3. The zero-order valence-corrected chi connectivity index (χ0v) is 13.2. The zero-order chi connectivity index (χ0) is 15.6. The lowest BCUT2D eigenvalue weighted by Gasteiger charge is -2.21. The van der Waals surface area contributed by atoms with Crippen LogP contribution in [0.3, 0.4) is 0 Å². The van der Waals surface area contributed by atoms with Crippen molar-refractivity contribution in [3.8, 4) is 11.3 Å². The minimum absolute atomic E-state index is 0.844. The van der Waals surface area contributed by atoms with Gasteiger partial charge in [-0.2, -0.15) is 5.10 Å². The van der Waals surface area contributed by atoms with Gasteiger partial charge >= 0.3 is 0 Å². The standard InChI is InChI=1S/C18H20N4O/c1-13-9-18(23-21-13)16-6-3-2-5-14(16)11-22-8-4-7-17-15(12-22)10-19-20-17/h2-3,5-6,9-10H,4,7-8,11-12H2,1H3,(H,19,20). The highest BCUT2D eigenvalue weighted by atomic mass is 16.5. The number of rotatable bonds is 3. The summed E-state index contributed by atoms with van der Waals surface area (Å²) in [7, 11) is 0. The average molecular weight is 308 g/mol. The molecular weight excluding hydrogens is 288 g/mol. The van der Waals surface area contributed by atoms with Crippen molar-refractivity contribution in [2.45, 2.75) is 32.9 Å². The number of hydrogen-bond donors (Lipinski definition) is 1. The van der Waals surface area contributed by atoms with E-state index in [2.05, 4.69) is 38.5 Å². The zero-order valence-electron chi connectivity index (χ0n) is 13.2. The Kier molecular flexibility index (Phi) is 3.71. The molecule has 0 spiro atoms. The molecular formula is C18H20N4O. The molecule has 118 valence electrons.